The lowest BCUT2D eigenvalue weighted by molar-refractivity contribution is 0.0469. The van der Waals surface area contributed by atoms with Gasteiger partial charge in [-0.15, -0.1) is 0 Å². The van der Waals surface area contributed by atoms with E-state index >= 15 is 0 Å². The molecule has 0 heterocycles. The molecule has 2 aromatic rings. The van der Waals surface area contributed by atoms with Crippen molar-refractivity contribution in [2.45, 2.75) is 13.5 Å². The van der Waals surface area contributed by atoms with E-state index in [0.29, 0.717) is 11.3 Å². The van der Waals surface area contributed by atoms with Gasteiger partial charge in [0.1, 0.15) is 17.9 Å². The zero-order valence-corrected chi connectivity index (χ0v) is 11.1. The monoisotopic (exact) mass is 256 g/mol. The largest absolute Gasteiger partial charge is 0.496 e. The molecule has 0 aromatic heterocycles. The van der Waals surface area contributed by atoms with Crippen LogP contribution in [0.15, 0.2) is 48.5 Å². The molecule has 19 heavy (non-hydrogen) atoms. The number of para-hydroxylation sites is 1. The molecule has 2 aromatic carbocycles. The van der Waals surface area contributed by atoms with Crippen LogP contribution in [0.5, 0.6) is 5.75 Å². The number of rotatable bonds is 4. The van der Waals surface area contributed by atoms with Gasteiger partial charge in [0.25, 0.3) is 0 Å². The summed E-state index contributed by atoms with van der Waals surface area (Å²) >= 11 is 0. The molecule has 0 saturated heterocycles. The first-order valence-corrected chi connectivity index (χ1v) is 6.06. The second-order valence-corrected chi connectivity index (χ2v) is 4.26. The number of aryl methyl sites for hydroxylation is 1. The minimum atomic E-state index is -0.377. The second-order valence-electron chi connectivity index (χ2n) is 4.26. The van der Waals surface area contributed by atoms with E-state index in [-0.39, 0.29) is 12.6 Å². The molecule has 0 bridgehead atoms. The van der Waals surface area contributed by atoms with E-state index in [1.807, 2.05) is 37.3 Å². The third kappa shape index (κ3) is 3.35. The number of hydrogen-bond donors (Lipinski definition) is 0. The summed E-state index contributed by atoms with van der Waals surface area (Å²) in [7, 11) is 1.53. The van der Waals surface area contributed by atoms with Crippen molar-refractivity contribution in [2.75, 3.05) is 7.11 Å². The maximum Gasteiger partial charge on any atom is 0.342 e. The van der Waals surface area contributed by atoms with E-state index in [2.05, 4.69) is 0 Å². The number of esters is 1. The molecule has 3 heteroatoms. The van der Waals surface area contributed by atoms with Gasteiger partial charge < -0.3 is 9.47 Å². The van der Waals surface area contributed by atoms with Crippen LogP contribution in [0.25, 0.3) is 0 Å². The highest BCUT2D eigenvalue weighted by Crippen LogP contribution is 2.18. The summed E-state index contributed by atoms with van der Waals surface area (Å²) in [5, 5.41) is 0. The minimum Gasteiger partial charge on any atom is -0.496 e. The quantitative estimate of drug-likeness (QED) is 0.787. The van der Waals surface area contributed by atoms with Crippen LogP contribution < -0.4 is 4.74 Å². The Labute approximate surface area is 112 Å². The molecule has 0 spiro atoms. The lowest BCUT2D eigenvalue weighted by Crippen LogP contribution is -2.07. The van der Waals surface area contributed by atoms with Crippen LogP contribution in [0.3, 0.4) is 0 Å². The van der Waals surface area contributed by atoms with Crippen molar-refractivity contribution >= 4 is 5.97 Å². The van der Waals surface area contributed by atoms with Gasteiger partial charge in [0.05, 0.1) is 7.11 Å². The molecule has 0 radical (unpaired) electrons. The zero-order chi connectivity index (χ0) is 13.7. The van der Waals surface area contributed by atoms with Crippen molar-refractivity contribution in [1.29, 1.82) is 0 Å². The van der Waals surface area contributed by atoms with Crippen molar-refractivity contribution in [3.05, 3.63) is 65.2 Å². The number of benzene rings is 2. The SMILES string of the molecule is COc1ccccc1C(=O)OCc1ccc(C)cc1. The first-order chi connectivity index (χ1) is 9.20. The third-order valence-corrected chi connectivity index (χ3v) is 2.82. The molecular weight excluding hydrogens is 240 g/mol. The summed E-state index contributed by atoms with van der Waals surface area (Å²) in [4.78, 5) is 12.0. The van der Waals surface area contributed by atoms with E-state index in [4.69, 9.17) is 9.47 Å². The number of ether oxygens (including phenoxy) is 2. The predicted molar refractivity (Wildman–Crippen MR) is 73.3 cm³/mol. The van der Waals surface area contributed by atoms with E-state index < -0.39 is 0 Å². The van der Waals surface area contributed by atoms with Gasteiger partial charge in [-0.05, 0) is 24.6 Å². The van der Waals surface area contributed by atoms with Crippen molar-refractivity contribution < 1.29 is 14.3 Å². The molecule has 0 aliphatic heterocycles. The maximum atomic E-state index is 12.0. The van der Waals surface area contributed by atoms with Crippen LogP contribution in [0, 0.1) is 6.92 Å². The Hall–Kier alpha value is -2.29. The van der Waals surface area contributed by atoms with Gasteiger partial charge in [-0.25, -0.2) is 4.79 Å². The van der Waals surface area contributed by atoms with E-state index in [0.717, 1.165) is 5.56 Å². The molecule has 0 atom stereocenters. The topological polar surface area (TPSA) is 35.5 Å². The Kier molecular flexibility index (Phi) is 4.18. The Bertz CT molecular complexity index is 558. The van der Waals surface area contributed by atoms with Gasteiger partial charge in [-0.2, -0.15) is 0 Å². The zero-order valence-electron chi connectivity index (χ0n) is 11.1. The Balaban J connectivity index is 2.03. The average molecular weight is 256 g/mol. The highest BCUT2D eigenvalue weighted by molar-refractivity contribution is 5.92. The van der Waals surface area contributed by atoms with Crippen LogP contribution in [-0.4, -0.2) is 13.1 Å². The summed E-state index contributed by atoms with van der Waals surface area (Å²) in [6.45, 7) is 2.28. The third-order valence-electron chi connectivity index (χ3n) is 2.82. The van der Waals surface area contributed by atoms with Crippen molar-refractivity contribution in [3.8, 4) is 5.75 Å². The fraction of sp³-hybridized carbons (Fsp3) is 0.188. The van der Waals surface area contributed by atoms with Gasteiger partial charge in [0, 0.05) is 0 Å². The lowest BCUT2D eigenvalue weighted by atomic mass is 10.1. The molecule has 0 saturated carbocycles. The summed E-state index contributed by atoms with van der Waals surface area (Å²) in [6.07, 6.45) is 0. The smallest absolute Gasteiger partial charge is 0.342 e. The molecule has 0 aliphatic rings. The van der Waals surface area contributed by atoms with Gasteiger partial charge in [0.2, 0.25) is 0 Å². The van der Waals surface area contributed by atoms with Gasteiger partial charge >= 0.3 is 5.97 Å². The molecular formula is C16H16O3. The number of hydrogen-bond acceptors (Lipinski definition) is 3. The van der Waals surface area contributed by atoms with Crippen LogP contribution in [0.1, 0.15) is 21.5 Å². The fourth-order valence-electron chi connectivity index (χ4n) is 1.72. The summed E-state index contributed by atoms with van der Waals surface area (Å²) in [5.41, 5.74) is 2.59. The average Bonchev–Trinajstić information content (AvgIpc) is 2.46. The summed E-state index contributed by atoms with van der Waals surface area (Å²) in [5.74, 6) is 0.148. The standard InChI is InChI=1S/C16H16O3/c1-12-7-9-13(10-8-12)11-19-16(17)14-5-3-4-6-15(14)18-2/h3-10H,11H2,1-2H3. The highest BCUT2D eigenvalue weighted by Gasteiger charge is 2.12. The Morgan fingerprint density at radius 3 is 2.42 bits per heavy atom. The van der Waals surface area contributed by atoms with Gasteiger partial charge in [-0.1, -0.05) is 42.0 Å². The lowest BCUT2D eigenvalue weighted by Gasteiger charge is -2.08. The number of methoxy groups -OCH3 is 1. The van der Waals surface area contributed by atoms with E-state index in [1.54, 1.807) is 18.2 Å². The molecule has 3 nitrogen and oxygen atoms in total. The van der Waals surface area contributed by atoms with E-state index in [9.17, 15) is 4.79 Å². The fourth-order valence-corrected chi connectivity index (χ4v) is 1.72. The molecule has 98 valence electrons. The molecule has 0 amide bonds. The number of carbonyl (C=O) groups is 1. The summed E-state index contributed by atoms with van der Waals surface area (Å²) < 4.78 is 10.4. The van der Waals surface area contributed by atoms with Crippen molar-refractivity contribution in [2.24, 2.45) is 0 Å². The molecule has 0 N–H and O–H groups in total. The van der Waals surface area contributed by atoms with Crippen LogP contribution in [-0.2, 0) is 11.3 Å². The Morgan fingerprint density at radius 1 is 1.05 bits per heavy atom. The minimum absolute atomic E-state index is 0.261. The molecule has 2 rings (SSSR count). The first kappa shape index (κ1) is 13.1. The van der Waals surface area contributed by atoms with Gasteiger partial charge in [0.15, 0.2) is 0 Å². The van der Waals surface area contributed by atoms with E-state index in [1.165, 1.54) is 12.7 Å². The Morgan fingerprint density at radius 2 is 1.74 bits per heavy atom. The normalized spacial score (nSPS) is 10.0. The maximum absolute atomic E-state index is 12.0. The molecule has 0 fully saturated rings. The van der Waals surface area contributed by atoms with Crippen LogP contribution >= 0.6 is 0 Å². The second kappa shape index (κ2) is 6.05. The van der Waals surface area contributed by atoms with Crippen molar-refractivity contribution in [3.63, 3.8) is 0 Å². The molecule has 0 unspecified atom stereocenters. The highest BCUT2D eigenvalue weighted by atomic mass is 16.5. The van der Waals surface area contributed by atoms with Crippen molar-refractivity contribution in [1.82, 2.24) is 0 Å². The number of carbonyl (C=O) groups excluding carboxylic acids is 1. The first-order valence-electron chi connectivity index (χ1n) is 6.06. The van der Waals surface area contributed by atoms with Gasteiger partial charge in [-0.3, -0.25) is 0 Å². The predicted octanol–water partition coefficient (Wildman–Crippen LogP) is 3.36. The van der Waals surface area contributed by atoms with Crippen LogP contribution in [0.4, 0.5) is 0 Å². The van der Waals surface area contributed by atoms with Crippen LogP contribution in [0.2, 0.25) is 0 Å². The molecule has 0 aliphatic carbocycles. The summed E-state index contributed by atoms with van der Waals surface area (Å²) in [6, 6.07) is 14.9.